The van der Waals surface area contributed by atoms with E-state index in [0.29, 0.717) is 4.70 Å². The van der Waals surface area contributed by atoms with Gasteiger partial charge in [0.05, 0.1) is 9.62 Å². The topological polar surface area (TPSA) is 85.1 Å². The van der Waals surface area contributed by atoms with Crippen molar-refractivity contribution < 1.29 is 14.1 Å². The first kappa shape index (κ1) is 15.3. The van der Waals surface area contributed by atoms with E-state index in [0.717, 1.165) is 17.4 Å². The van der Waals surface area contributed by atoms with Crippen molar-refractivity contribution in [3.8, 4) is 0 Å². The number of benzene rings is 2. The maximum Gasteiger partial charge on any atom is 0.283 e. The Morgan fingerprint density at radius 1 is 1.35 bits per heavy atom. The number of nitrogens with zero attached hydrogens (tertiary/aromatic N) is 2. The number of hydrogen-bond acceptors (Lipinski definition) is 5. The molecule has 1 N–H and O–H groups in total. The Morgan fingerprint density at radius 3 is 2.83 bits per heavy atom. The van der Waals surface area contributed by atoms with Crippen LogP contribution in [-0.4, -0.2) is 15.8 Å². The lowest BCUT2D eigenvalue weighted by atomic mass is 10.1. The van der Waals surface area contributed by atoms with Crippen molar-refractivity contribution in [3.63, 3.8) is 0 Å². The smallest absolute Gasteiger partial charge is 0.283 e. The maximum absolute atomic E-state index is 13.6. The molecule has 0 bridgehead atoms. The first-order chi connectivity index (χ1) is 11.0. The van der Waals surface area contributed by atoms with Crippen molar-refractivity contribution in [1.29, 1.82) is 0 Å². The van der Waals surface area contributed by atoms with E-state index >= 15 is 0 Å². The van der Waals surface area contributed by atoms with Gasteiger partial charge in [0.15, 0.2) is 5.13 Å². The number of nitro benzene ring substituents is 1. The average Bonchev–Trinajstić information content (AvgIpc) is 2.91. The van der Waals surface area contributed by atoms with Crippen LogP contribution in [0, 0.1) is 15.9 Å². The van der Waals surface area contributed by atoms with Gasteiger partial charge in [-0.1, -0.05) is 29.0 Å². The zero-order chi connectivity index (χ0) is 16.6. The van der Waals surface area contributed by atoms with Gasteiger partial charge in [-0.05, 0) is 24.3 Å². The van der Waals surface area contributed by atoms with Gasteiger partial charge in [-0.2, -0.15) is 0 Å². The fraction of sp³-hybridized carbons (Fsp3) is 0. The van der Waals surface area contributed by atoms with Crippen LogP contribution in [0.15, 0.2) is 36.4 Å². The Bertz CT molecular complexity index is 944. The van der Waals surface area contributed by atoms with Crippen molar-refractivity contribution in [2.45, 2.75) is 0 Å². The molecule has 0 spiro atoms. The number of anilines is 1. The van der Waals surface area contributed by atoms with Crippen molar-refractivity contribution in [2.24, 2.45) is 0 Å². The fourth-order valence-corrected chi connectivity index (χ4v) is 3.02. The highest BCUT2D eigenvalue weighted by atomic mass is 35.5. The molecule has 2 aromatic carbocycles. The van der Waals surface area contributed by atoms with Gasteiger partial charge < -0.3 is 0 Å². The van der Waals surface area contributed by atoms with Gasteiger partial charge in [-0.3, -0.25) is 20.2 Å². The van der Waals surface area contributed by atoms with Gasteiger partial charge in [0, 0.05) is 11.1 Å². The number of hydrogen-bond donors (Lipinski definition) is 1. The summed E-state index contributed by atoms with van der Waals surface area (Å²) in [5.41, 5.74) is -0.431. The molecule has 0 aliphatic rings. The van der Waals surface area contributed by atoms with E-state index < -0.39 is 22.3 Å². The molecule has 1 amide bonds. The second-order valence-corrected chi connectivity index (χ2v) is 5.95. The van der Waals surface area contributed by atoms with Crippen LogP contribution in [0.4, 0.5) is 15.2 Å². The van der Waals surface area contributed by atoms with E-state index in [2.05, 4.69) is 10.3 Å². The molecule has 0 aliphatic heterocycles. The predicted octanol–water partition coefficient (Wildman–Crippen LogP) is 4.25. The molecule has 0 radical (unpaired) electrons. The highest BCUT2D eigenvalue weighted by molar-refractivity contribution is 7.22. The molecule has 9 heteroatoms. The highest BCUT2D eigenvalue weighted by Crippen LogP contribution is 2.29. The van der Waals surface area contributed by atoms with Crippen molar-refractivity contribution in [3.05, 3.63) is 62.9 Å². The summed E-state index contributed by atoms with van der Waals surface area (Å²) in [6, 6.07) is 8.18. The highest BCUT2D eigenvalue weighted by Gasteiger charge is 2.21. The Morgan fingerprint density at radius 2 is 2.13 bits per heavy atom. The molecule has 0 fully saturated rings. The third-order valence-corrected chi connectivity index (χ3v) is 4.16. The molecule has 23 heavy (non-hydrogen) atoms. The first-order valence-electron chi connectivity index (χ1n) is 6.26. The molecule has 0 saturated carbocycles. The van der Waals surface area contributed by atoms with E-state index in [4.69, 9.17) is 11.6 Å². The molecular weight excluding hydrogens is 345 g/mol. The van der Waals surface area contributed by atoms with Crippen LogP contribution >= 0.6 is 22.9 Å². The summed E-state index contributed by atoms with van der Waals surface area (Å²) in [7, 11) is 0. The molecule has 0 atom stereocenters. The van der Waals surface area contributed by atoms with Gasteiger partial charge in [0.1, 0.15) is 16.9 Å². The lowest BCUT2D eigenvalue weighted by Gasteiger charge is -2.03. The molecule has 0 aliphatic carbocycles. The van der Waals surface area contributed by atoms with Crippen molar-refractivity contribution >= 4 is 49.9 Å². The van der Waals surface area contributed by atoms with Crippen molar-refractivity contribution in [1.82, 2.24) is 4.98 Å². The number of nitrogens with one attached hydrogen (secondary N) is 1. The van der Waals surface area contributed by atoms with Crippen LogP contribution in [0.25, 0.3) is 10.2 Å². The van der Waals surface area contributed by atoms with E-state index in [1.54, 1.807) is 6.07 Å². The van der Waals surface area contributed by atoms with E-state index in [1.165, 1.54) is 24.3 Å². The van der Waals surface area contributed by atoms with Crippen LogP contribution in [0.5, 0.6) is 0 Å². The molecule has 0 unspecified atom stereocenters. The third-order valence-electron chi connectivity index (χ3n) is 2.99. The second kappa shape index (κ2) is 5.90. The maximum atomic E-state index is 13.6. The molecular formula is C14H7ClFN3O3S. The van der Waals surface area contributed by atoms with Gasteiger partial charge in [0.2, 0.25) is 0 Å². The molecule has 3 rings (SSSR count). The van der Waals surface area contributed by atoms with Crippen molar-refractivity contribution in [2.75, 3.05) is 5.32 Å². The minimum absolute atomic E-state index is 0.137. The summed E-state index contributed by atoms with van der Waals surface area (Å²) in [6.45, 7) is 0. The number of nitro groups is 1. The molecule has 116 valence electrons. The standard InChI is InChI=1S/C14H7ClFN3O3S/c15-7-4-5-8(10(6-7)19(21)22)13(20)18-14-17-12-9(16)2-1-3-11(12)23-14/h1-6H,(H,17,18,20). The van der Waals surface area contributed by atoms with Gasteiger partial charge in [-0.15, -0.1) is 0 Å². The van der Waals surface area contributed by atoms with Gasteiger partial charge in [-0.25, -0.2) is 9.37 Å². The summed E-state index contributed by atoms with van der Waals surface area (Å²) in [5.74, 6) is -1.22. The van der Waals surface area contributed by atoms with E-state index in [9.17, 15) is 19.3 Å². The summed E-state index contributed by atoms with van der Waals surface area (Å²) in [4.78, 5) is 26.5. The Hall–Kier alpha value is -2.58. The van der Waals surface area contributed by atoms with Crippen LogP contribution in [0.1, 0.15) is 10.4 Å². The quantitative estimate of drug-likeness (QED) is 0.564. The van der Waals surface area contributed by atoms with E-state index in [-0.39, 0.29) is 21.2 Å². The average molecular weight is 352 g/mol. The molecule has 1 aromatic heterocycles. The number of aromatic nitrogens is 1. The predicted molar refractivity (Wildman–Crippen MR) is 85.6 cm³/mol. The zero-order valence-electron chi connectivity index (χ0n) is 11.2. The third kappa shape index (κ3) is 2.99. The summed E-state index contributed by atoms with van der Waals surface area (Å²) in [5, 5.41) is 13.8. The number of rotatable bonds is 3. The monoisotopic (exact) mass is 351 g/mol. The fourth-order valence-electron chi connectivity index (χ4n) is 1.98. The first-order valence-corrected chi connectivity index (χ1v) is 7.45. The lowest BCUT2D eigenvalue weighted by molar-refractivity contribution is -0.385. The molecule has 1 heterocycles. The molecule has 3 aromatic rings. The minimum atomic E-state index is -0.715. The Labute approximate surface area is 137 Å². The SMILES string of the molecule is O=C(Nc1nc2c(F)cccc2s1)c1ccc(Cl)cc1[N+](=O)[O-]. The van der Waals surface area contributed by atoms with Crippen LogP contribution in [0.3, 0.4) is 0 Å². The summed E-state index contributed by atoms with van der Waals surface area (Å²) in [6.07, 6.45) is 0. The summed E-state index contributed by atoms with van der Waals surface area (Å²) >= 11 is 6.78. The van der Waals surface area contributed by atoms with Crippen LogP contribution in [0.2, 0.25) is 5.02 Å². The number of amides is 1. The summed E-state index contributed by atoms with van der Waals surface area (Å²) < 4.78 is 14.2. The Balaban J connectivity index is 1.95. The minimum Gasteiger partial charge on any atom is -0.298 e. The number of carbonyl (C=O) groups excluding carboxylic acids is 1. The second-order valence-electron chi connectivity index (χ2n) is 4.48. The largest absolute Gasteiger partial charge is 0.298 e. The van der Waals surface area contributed by atoms with Gasteiger partial charge in [0.25, 0.3) is 11.6 Å². The van der Waals surface area contributed by atoms with Crippen LogP contribution < -0.4 is 5.32 Å². The number of halogens is 2. The number of thiazole rings is 1. The van der Waals surface area contributed by atoms with Gasteiger partial charge >= 0.3 is 0 Å². The molecule has 0 saturated heterocycles. The normalized spacial score (nSPS) is 10.7. The number of fused-ring (bicyclic) bond motifs is 1. The lowest BCUT2D eigenvalue weighted by Crippen LogP contribution is -2.13. The Kier molecular flexibility index (Phi) is 3.93. The zero-order valence-corrected chi connectivity index (χ0v) is 12.8. The van der Waals surface area contributed by atoms with Crippen LogP contribution in [-0.2, 0) is 0 Å². The number of para-hydroxylation sites is 1. The molecule has 6 nitrogen and oxygen atoms in total. The number of carbonyl (C=O) groups is 1. The van der Waals surface area contributed by atoms with E-state index in [1.807, 2.05) is 0 Å².